The molecule has 2 aromatic heterocycles. The molecule has 0 amide bonds. The fourth-order valence-corrected chi connectivity index (χ4v) is 5.25. The lowest BCUT2D eigenvalue weighted by Crippen LogP contribution is -2.38. The number of aliphatic hydroxyl groups excluding tert-OH is 1. The molecule has 0 bridgehead atoms. The first-order chi connectivity index (χ1) is 17.5. The second-order valence-electron chi connectivity index (χ2n) is 10.1. The third-order valence-electron chi connectivity index (χ3n) is 7.40. The van der Waals surface area contributed by atoms with E-state index in [1.54, 1.807) is 6.20 Å². The van der Waals surface area contributed by atoms with E-state index in [9.17, 15) is 14.8 Å². The normalized spacial score (nSPS) is 22.5. The second-order valence-corrected chi connectivity index (χ2v) is 10.5. The number of nitrogens with one attached hydrogen (secondary N) is 2. The van der Waals surface area contributed by atoms with Crippen LogP contribution in [0.1, 0.15) is 44.2 Å². The van der Waals surface area contributed by atoms with E-state index in [1.807, 2.05) is 24.3 Å². The van der Waals surface area contributed by atoms with Crippen LogP contribution in [0.5, 0.6) is 0 Å². The van der Waals surface area contributed by atoms with Crippen LogP contribution >= 0.6 is 11.6 Å². The number of alkyl halides is 1. The summed E-state index contributed by atoms with van der Waals surface area (Å²) in [6.45, 7) is 1.34. The lowest BCUT2D eigenvalue weighted by molar-refractivity contribution is 0.0455. The minimum absolute atomic E-state index is 0.306. The molecule has 0 aromatic carbocycles. The summed E-state index contributed by atoms with van der Waals surface area (Å²) in [5, 5.41) is 26.3. The van der Waals surface area contributed by atoms with E-state index in [-0.39, 0.29) is 0 Å². The largest absolute Gasteiger partial charge is 0.389 e. The van der Waals surface area contributed by atoms with Crippen molar-refractivity contribution in [2.24, 2.45) is 11.3 Å². The molecule has 2 fully saturated rings. The van der Waals surface area contributed by atoms with Gasteiger partial charge in [-0.25, -0.2) is 9.37 Å². The van der Waals surface area contributed by atoms with Crippen molar-refractivity contribution in [3.8, 4) is 17.3 Å². The van der Waals surface area contributed by atoms with Crippen molar-refractivity contribution >= 4 is 17.4 Å². The van der Waals surface area contributed by atoms with Gasteiger partial charge in [0, 0.05) is 49.8 Å². The molecular formula is C27H35ClFN5O2. The molecule has 4 rings (SSSR count). The van der Waals surface area contributed by atoms with E-state index in [1.165, 1.54) is 0 Å². The summed E-state index contributed by atoms with van der Waals surface area (Å²) in [6.07, 6.45) is 7.22. The van der Waals surface area contributed by atoms with Crippen molar-refractivity contribution < 1.29 is 14.2 Å². The van der Waals surface area contributed by atoms with Gasteiger partial charge in [0.05, 0.1) is 28.3 Å². The van der Waals surface area contributed by atoms with E-state index < -0.39 is 18.2 Å². The SMILES string of the molecule is N#CC1(CNc2cccc(-c3cc(CC4CCC(NCC(O)CF)CC4)ncc3Cl)n2)CCOCC1. The number of halogens is 2. The van der Waals surface area contributed by atoms with Crippen molar-refractivity contribution in [3.05, 3.63) is 41.2 Å². The van der Waals surface area contributed by atoms with Gasteiger partial charge >= 0.3 is 0 Å². The number of aliphatic hydroxyl groups is 1. The van der Waals surface area contributed by atoms with E-state index in [2.05, 4.69) is 21.7 Å². The van der Waals surface area contributed by atoms with Gasteiger partial charge in [-0.1, -0.05) is 17.7 Å². The first-order valence-electron chi connectivity index (χ1n) is 12.8. The van der Waals surface area contributed by atoms with Crippen LogP contribution in [0.4, 0.5) is 10.2 Å². The van der Waals surface area contributed by atoms with Crippen molar-refractivity contribution in [2.45, 2.75) is 57.1 Å². The summed E-state index contributed by atoms with van der Waals surface area (Å²) < 4.78 is 17.9. The Kier molecular flexibility index (Phi) is 9.49. The van der Waals surface area contributed by atoms with Gasteiger partial charge < -0.3 is 20.5 Å². The van der Waals surface area contributed by atoms with Crippen LogP contribution in [-0.2, 0) is 11.2 Å². The van der Waals surface area contributed by atoms with Crippen LogP contribution in [0.3, 0.4) is 0 Å². The van der Waals surface area contributed by atoms with Gasteiger partial charge in [-0.05, 0) is 69.1 Å². The highest BCUT2D eigenvalue weighted by atomic mass is 35.5. The Hall–Kier alpha value is -2.31. The molecule has 0 spiro atoms. The van der Waals surface area contributed by atoms with Crippen LogP contribution in [0, 0.1) is 22.7 Å². The highest BCUT2D eigenvalue weighted by Gasteiger charge is 2.32. The molecule has 36 heavy (non-hydrogen) atoms. The molecule has 1 aliphatic carbocycles. The fourth-order valence-electron chi connectivity index (χ4n) is 5.05. The van der Waals surface area contributed by atoms with Crippen molar-refractivity contribution in [1.82, 2.24) is 15.3 Å². The molecule has 0 radical (unpaired) electrons. The smallest absolute Gasteiger partial charge is 0.126 e. The number of aromatic nitrogens is 2. The number of ether oxygens (including phenoxy) is 1. The average Bonchev–Trinajstić information content (AvgIpc) is 2.93. The molecule has 3 N–H and O–H groups in total. The minimum Gasteiger partial charge on any atom is -0.389 e. The Labute approximate surface area is 217 Å². The number of hydrogen-bond acceptors (Lipinski definition) is 7. The van der Waals surface area contributed by atoms with Crippen LogP contribution < -0.4 is 10.6 Å². The highest BCUT2D eigenvalue weighted by Crippen LogP contribution is 2.32. The number of hydrogen-bond donors (Lipinski definition) is 3. The average molecular weight is 516 g/mol. The van der Waals surface area contributed by atoms with Crippen molar-refractivity contribution in [1.29, 1.82) is 5.26 Å². The summed E-state index contributed by atoms with van der Waals surface area (Å²) in [7, 11) is 0. The van der Waals surface area contributed by atoms with Gasteiger partial charge in [-0.15, -0.1) is 0 Å². The van der Waals surface area contributed by atoms with E-state index >= 15 is 0 Å². The Morgan fingerprint density at radius 1 is 1.25 bits per heavy atom. The van der Waals surface area contributed by atoms with Crippen LogP contribution in [0.25, 0.3) is 11.3 Å². The topological polar surface area (TPSA) is 103 Å². The summed E-state index contributed by atoms with van der Waals surface area (Å²) in [5.74, 6) is 1.24. The second kappa shape index (κ2) is 12.8. The molecule has 194 valence electrons. The number of nitriles is 1. The van der Waals surface area contributed by atoms with Gasteiger partial charge in [0.25, 0.3) is 0 Å². The predicted molar refractivity (Wildman–Crippen MR) is 139 cm³/mol. The zero-order valence-corrected chi connectivity index (χ0v) is 21.3. The molecule has 1 atom stereocenters. The lowest BCUT2D eigenvalue weighted by atomic mass is 9.82. The zero-order chi connectivity index (χ0) is 25.4. The number of rotatable bonds is 10. The number of anilines is 1. The van der Waals surface area contributed by atoms with Crippen LogP contribution in [0.2, 0.25) is 5.02 Å². The van der Waals surface area contributed by atoms with E-state index in [0.717, 1.165) is 49.1 Å². The van der Waals surface area contributed by atoms with Gasteiger partial charge in [0.1, 0.15) is 12.5 Å². The summed E-state index contributed by atoms with van der Waals surface area (Å²) in [5.41, 5.74) is 2.18. The quantitative estimate of drug-likeness (QED) is 0.426. The van der Waals surface area contributed by atoms with Crippen LogP contribution in [0.15, 0.2) is 30.5 Å². The highest BCUT2D eigenvalue weighted by molar-refractivity contribution is 6.33. The Morgan fingerprint density at radius 3 is 2.75 bits per heavy atom. The first kappa shape index (κ1) is 26.7. The zero-order valence-electron chi connectivity index (χ0n) is 20.6. The molecule has 1 aliphatic heterocycles. The van der Waals surface area contributed by atoms with Gasteiger partial charge in [0.15, 0.2) is 0 Å². The predicted octanol–water partition coefficient (Wildman–Crippen LogP) is 4.55. The summed E-state index contributed by atoms with van der Waals surface area (Å²) >= 11 is 6.53. The molecule has 2 aromatic rings. The maximum absolute atomic E-state index is 12.5. The monoisotopic (exact) mass is 515 g/mol. The molecule has 2 aliphatic rings. The minimum atomic E-state index is -0.920. The molecule has 1 unspecified atom stereocenters. The summed E-state index contributed by atoms with van der Waals surface area (Å²) in [6, 6.07) is 10.6. The number of nitrogens with zero attached hydrogens (tertiary/aromatic N) is 3. The standard InChI is InChI=1S/C27H35ClFN5O2/c28-24-16-32-21(12-19-4-6-20(7-5-19)31-15-22(35)14-29)13-23(24)25-2-1-3-26(34-25)33-18-27(17-30)8-10-36-11-9-27/h1-3,13,16,19-20,22,31,35H,4-12,14-15,18H2,(H,33,34). The van der Waals surface area contributed by atoms with Crippen molar-refractivity contribution in [2.75, 3.05) is 38.3 Å². The Bertz CT molecular complexity index is 1040. The van der Waals surface area contributed by atoms with E-state index in [4.69, 9.17) is 21.3 Å². The van der Waals surface area contributed by atoms with Gasteiger partial charge in [-0.3, -0.25) is 4.98 Å². The first-order valence-corrected chi connectivity index (χ1v) is 13.2. The number of pyridine rings is 2. The third-order valence-corrected chi connectivity index (χ3v) is 7.70. The molecule has 1 saturated heterocycles. The van der Waals surface area contributed by atoms with Gasteiger partial charge in [0.2, 0.25) is 0 Å². The fraction of sp³-hybridized carbons (Fsp3) is 0.593. The van der Waals surface area contributed by atoms with E-state index in [0.29, 0.717) is 61.9 Å². The molecular weight excluding hydrogens is 481 g/mol. The van der Waals surface area contributed by atoms with Crippen LogP contribution in [-0.4, -0.2) is 60.2 Å². The lowest BCUT2D eigenvalue weighted by Gasteiger charge is -2.30. The summed E-state index contributed by atoms with van der Waals surface area (Å²) in [4.78, 5) is 9.35. The maximum Gasteiger partial charge on any atom is 0.126 e. The molecule has 7 nitrogen and oxygen atoms in total. The maximum atomic E-state index is 12.5. The van der Waals surface area contributed by atoms with Gasteiger partial charge in [-0.2, -0.15) is 5.26 Å². The Balaban J connectivity index is 1.36. The third kappa shape index (κ3) is 7.13. The molecule has 3 heterocycles. The molecule has 1 saturated carbocycles. The van der Waals surface area contributed by atoms with Crippen molar-refractivity contribution in [3.63, 3.8) is 0 Å². The Morgan fingerprint density at radius 2 is 2.03 bits per heavy atom. The molecule has 9 heteroatoms.